The van der Waals surface area contributed by atoms with Crippen molar-refractivity contribution in [2.75, 3.05) is 11.0 Å². The summed E-state index contributed by atoms with van der Waals surface area (Å²) in [6.45, 7) is 46.6. The molecule has 4 fully saturated rings. The zero-order valence-electron chi connectivity index (χ0n) is 49.5. The van der Waals surface area contributed by atoms with Crippen LogP contribution in [0.2, 0.25) is 72.5 Å². The molecule has 440 valence electrons. The van der Waals surface area contributed by atoms with E-state index < -0.39 is 96.7 Å². The van der Waals surface area contributed by atoms with Crippen LogP contribution in [0.5, 0.6) is 0 Å². The van der Waals surface area contributed by atoms with Crippen LogP contribution in [0.4, 0.5) is 13.2 Å². The molecule has 0 aromatic carbocycles. The van der Waals surface area contributed by atoms with Crippen molar-refractivity contribution in [2.24, 2.45) is 5.92 Å². The quantitative estimate of drug-likeness (QED) is 0.0177. The van der Waals surface area contributed by atoms with Crippen LogP contribution in [0.25, 0.3) is 0 Å². The largest absolute Gasteiger partial charge is 0.534 e. The van der Waals surface area contributed by atoms with Crippen molar-refractivity contribution in [1.82, 2.24) is 0 Å². The molecule has 4 aliphatic rings. The third-order valence-corrected chi connectivity index (χ3v) is 38.9. The van der Waals surface area contributed by atoms with Crippen molar-refractivity contribution < 1.29 is 67.5 Å². The van der Waals surface area contributed by atoms with Crippen molar-refractivity contribution in [2.45, 2.75) is 299 Å². The first-order valence-corrected chi connectivity index (χ1v) is 42.3. The second-order valence-corrected chi connectivity index (χ2v) is 48.3. The Labute approximate surface area is 470 Å². The number of hydrogen-bond acceptors (Lipinski definition) is 12. The van der Waals surface area contributed by atoms with E-state index in [1.54, 1.807) is 6.92 Å². The minimum absolute atomic E-state index is 0.00316. The molecule has 1 N–H and O–H groups in total. The smallest absolute Gasteiger partial charge is 0.417 e. The van der Waals surface area contributed by atoms with Crippen molar-refractivity contribution >= 4 is 66.0 Å². The number of aliphatic hydroxyl groups is 1. The summed E-state index contributed by atoms with van der Waals surface area (Å²) >= 11 is 2.30. The number of ether oxygens (including phenoxy) is 4. The monoisotopic (exact) mass is 1270 g/mol. The predicted octanol–water partition coefficient (Wildman–Crippen LogP) is 14.5. The van der Waals surface area contributed by atoms with Crippen LogP contribution in [-0.2, 0) is 51.0 Å². The highest BCUT2D eigenvalue weighted by Crippen LogP contribution is 2.49. The molecule has 0 saturated carbocycles. The molecule has 0 spiro atoms. The highest BCUT2D eigenvalue weighted by atomic mass is 127. The fourth-order valence-electron chi connectivity index (χ4n) is 10.1. The molecule has 0 aromatic rings. The van der Waals surface area contributed by atoms with Gasteiger partial charge >= 0.3 is 15.6 Å². The van der Waals surface area contributed by atoms with Gasteiger partial charge in [0.1, 0.15) is 35.8 Å². The number of hydrogen-bond donors (Lipinski definition) is 1. The lowest BCUT2D eigenvalue weighted by molar-refractivity contribution is -0.267. The maximum atomic E-state index is 13.0. The maximum absolute atomic E-state index is 13.0. The summed E-state index contributed by atoms with van der Waals surface area (Å²) in [6, 6.07) is 3.32. The molecular formula is C54H102F3IO12SSi4. The van der Waals surface area contributed by atoms with Crippen LogP contribution in [-0.4, -0.2) is 136 Å². The standard InChI is InChI=1S/C54H102F3IO12SSi4/c1-21-75(22-2,23-3)62-33-32-40-27-30-43-46(64-40)48(69-73(17,18)51(9,10)11)49(70-74(19,20)52(12,13)14)47(65-43)44(68-72(15,16)50(6,7)8)29-25-39(59)24-26-42-35-53(36-58)45(63-42)31-28-41(66-53)34-37(4)38(5)67-71(60,61)54(55,56)57/h25,29,37,39-49,59H,5,21-24,26-28,30-36H2,1-4,6-20H3/b29-25+/t37-,39?,40-,41-,42+,43+,44+,45+,46+,47+,48+,49-,53-/m1/s1. The van der Waals surface area contributed by atoms with Gasteiger partial charge in [0.05, 0.1) is 42.7 Å². The van der Waals surface area contributed by atoms with E-state index in [9.17, 15) is 26.7 Å². The van der Waals surface area contributed by atoms with Gasteiger partial charge in [-0.25, -0.2) is 0 Å². The molecule has 0 aromatic heterocycles. The van der Waals surface area contributed by atoms with Gasteiger partial charge in [-0.15, -0.1) is 0 Å². The van der Waals surface area contributed by atoms with Crippen molar-refractivity contribution in [3.05, 3.63) is 24.5 Å². The summed E-state index contributed by atoms with van der Waals surface area (Å²) in [5.41, 5.74) is -6.19. The van der Waals surface area contributed by atoms with Gasteiger partial charge in [-0.3, -0.25) is 0 Å². The second kappa shape index (κ2) is 25.8. The predicted molar refractivity (Wildman–Crippen MR) is 313 cm³/mol. The van der Waals surface area contributed by atoms with Gasteiger partial charge in [0.15, 0.2) is 33.3 Å². The minimum atomic E-state index is -5.82. The third-order valence-electron chi connectivity index (χ3n) is 18.5. The van der Waals surface area contributed by atoms with E-state index >= 15 is 0 Å². The fourth-order valence-corrected chi connectivity index (χ4v) is 18.1. The number of fused-ring (bicyclic) bond motifs is 2. The normalized spacial score (nSPS) is 30.2. The molecule has 0 radical (unpaired) electrons. The van der Waals surface area contributed by atoms with Gasteiger partial charge in [0.2, 0.25) is 0 Å². The Balaban J connectivity index is 1.64. The second-order valence-electron chi connectivity index (χ2n) is 26.9. The first-order chi connectivity index (χ1) is 34.1. The molecule has 12 nitrogen and oxygen atoms in total. The summed E-state index contributed by atoms with van der Waals surface area (Å²) in [4.78, 5) is 0. The average Bonchev–Trinajstić information content (AvgIpc) is 3.66. The number of alkyl halides is 4. The maximum Gasteiger partial charge on any atom is 0.534 e. The van der Waals surface area contributed by atoms with E-state index in [1.165, 1.54) is 0 Å². The molecule has 13 atom stereocenters. The van der Waals surface area contributed by atoms with E-state index in [1.807, 2.05) is 12.2 Å². The van der Waals surface area contributed by atoms with Crippen LogP contribution in [0.3, 0.4) is 0 Å². The van der Waals surface area contributed by atoms with Crippen molar-refractivity contribution in [3.8, 4) is 0 Å². The fraction of sp³-hybridized carbons (Fsp3) is 0.926. The van der Waals surface area contributed by atoms with Crippen LogP contribution < -0.4 is 0 Å². The van der Waals surface area contributed by atoms with E-state index in [4.69, 9.17) is 36.7 Å². The van der Waals surface area contributed by atoms with E-state index in [0.29, 0.717) is 43.1 Å². The Morgan fingerprint density at radius 3 is 1.84 bits per heavy atom. The molecule has 0 amide bonds. The van der Waals surface area contributed by atoms with E-state index in [2.05, 4.69) is 156 Å². The number of allylic oxidation sites excluding steroid dienone is 1. The molecule has 0 bridgehead atoms. The average molecular weight is 1270 g/mol. The molecule has 0 aliphatic carbocycles. The lowest BCUT2D eigenvalue weighted by Gasteiger charge is -2.56. The molecule has 4 aliphatic heterocycles. The van der Waals surface area contributed by atoms with Gasteiger partial charge in [-0.1, -0.05) is 131 Å². The third kappa shape index (κ3) is 16.9. The number of halogens is 4. The Bertz CT molecular complexity index is 1980. The van der Waals surface area contributed by atoms with E-state index in [-0.39, 0.29) is 58.2 Å². The minimum Gasteiger partial charge on any atom is -0.417 e. The molecule has 75 heavy (non-hydrogen) atoms. The molecule has 4 rings (SSSR count). The lowest BCUT2D eigenvalue weighted by atomic mass is 9.85. The number of rotatable bonds is 25. The van der Waals surface area contributed by atoms with E-state index in [0.717, 1.165) is 37.4 Å². The molecule has 1 unspecified atom stereocenters. The van der Waals surface area contributed by atoms with Gasteiger partial charge in [0, 0.05) is 23.4 Å². The topological polar surface area (TPSA) is 137 Å². The van der Waals surface area contributed by atoms with Crippen LogP contribution >= 0.6 is 22.6 Å². The lowest BCUT2D eigenvalue weighted by Crippen LogP contribution is -2.69. The van der Waals surface area contributed by atoms with Crippen molar-refractivity contribution in [1.29, 1.82) is 0 Å². The number of aliphatic hydroxyl groups excluding tert-OH is 1. The zero-order chi connectivity index (χ0) is 57.2. The van der Waals surface area contributed by atoms with Crippen LogP contribution in [0, 0.1) is 5.92 Å². The van der Waals surface area contributed by atoms with Crippen LogP contribution in [0.15, 0.2) is 24.5 Å². The van der Waals surface area contributed by atoms with Crippen molar-refractivity contribution in [3.63, 3.8) is 0 Å². The molecule has 4 heterocycles. The Morgan fingerprint density at radius 2 is 1.32 bits per heavy atom. The summed E-state index contributed by atoms with van der Waals surface area (Å²) in [5.74, 6) is -1.19. The Kier molecular flexibility index (Phi) is 23.3. The summed E-state index contributed by atoms with van der Waals surface area (Å²) in [6.07, 6.45) is 4.99. The first kappa shape index (κ1) is 67.8. The van der Waals surface area contributed by atoms with Gasteiger partial charge in [0.25, 0.3) is 0 Å². The zero-order valence-corrected chi connectivity index (χ0v) is 56.5. The molecule has 21 heteroatoms. The highest BCUT2D eigenvalue weighted by molar-refractivity contribution is 14.1. The van der Waals surface area contributed by atoms with Gasteiger partial charge in [-0.2, -0.15) is 21.6 Å². The Hall–Kier alpha value is 0.258. The summed E-state index contributed by atoms with van der Waals surface area (Å²) in [7, 11) is -15.1. The summed E-state index contributed by atoms with van der Waals surface area (Å²) in [5, 5.41) is 11.5. The molecular weight excluding hydrogens is 1170 g/mol. The van der Waals surface area contributed by atoms with Crippen LogP contribution in [0.1, 0.15) is 148 Å². The molecule has 4 saturated heterocycles. The van der Waals surface area contributed by atoms with Gasteiger partial charge < -0.3 is 45.9 Å². The highest BCUT2D eigenvalue weighted by Gasteiger charge is 2.58. The SMILES string of the molecule is C=C(OS(=O)(=O)C(F)(F)F)[C@H](C)C[C@H]1CC[C@@H]2O[C@@H](CCC(O)/C=C/[C@H](O[Si](C)(C)C(C)(C)C)[C@@H]3O[C@H]4CC[C@H](CCO[Si](CC)(CC)CC)O[C@@H]4[C@H](O[Si](C)(C)C(C)(C)C)[C@@H]3O[Si](C)(C)C(C)(C)C)C[C@]2(CI)O1. The first-order valence-electron chi connectivity index (χ1n) is 28.1. The Morgan fingerprint density at radius 1 is 0.773 bits per heavy atom. The van der Waals surface area contributed by atoms with Gasteiger partial charge in [-0.05, 0) is 124 Å². The summed E-state index contributed by atoms with van der Waals surface area (Å²) < 4.78 is 125.